The third-order valence-corrected chi connectivity index (χ3v) is 3.08. The molecule has 0 spiro atoms. The van der Waals surface area contributed by atoms with Crippen LogP contribution in [0.3, 0.4) is 0 Å². The van der Waals surface area contributed by atoms with E-state index in [2.05, 4.69) is 4.98 Å². The van der Waals surface area contributed by atoms with Crippen LogP contribution in [0, 0.1) is 0 Å². The van der Waals surface area contributed by atoms with Gasteiger partial charge in [-0.15, -0.1) is 0 Å². The number of benzene rings is 2. The van der Waals surface area contributed by atoms with Crippen molar-refractivity contribution in [2.24, 2.45) is 0 Å². The fraction of sp³-hybridized carbons (Fsp3) is 0.118. The summed E-state index contributed by atoms with van der Waals surface area (Å²) in [5.74, 6) is 0.806. The summed E-state index contributed by atoms with van der Waals surface area (Å²) in [5, 5.41) is 0. The van der Waals surface area contributed by atoms with Crippen LogP contribution in [-0.2, 0) is 0 Å². The Bertz CT molecular complexity index is 631. The zero-order valence-electron chi connectivity index (χ0n) is 11.6. The van der Waals surface area contributed by atoms with E-state index in [0.717, 1.165) is 22.6 Å². The van der Waals surface area contributed by atoms with Gasteiger partial charge in [-0.25, -0.2) is 0 Å². The quantitative estimate of drug-likeness (QED) is 0.714. The molecule has 1 heterocycles. The first-order chi connectivity index (χ1) is 9.75. The molecule has 3 heteroatoms. The normalized spacial score (nSPS) is 10.5. The summed E-state index contributed by atoms with van der Waals surface area (Å²) >= 11 is 0. The van der Waals surface area contributed by atoms with Gasteiger partial charge < -0.3 is 9.32 Å². The fourth-order valence-electron chi connectivity index (χ4n) is 2.08. The standard InChI is InChI=1S/C17H16N2O/c1-19(2)17-18-15(13-9-5-3-6-10-13)16(20-17)14-11-7-4-8-12-14/h3-12H,1-2H3. The highest BCUT2D eigenvalue weighted by Gasteiger charge is 2.17. The topological polar surface area (TPSA) is 29.3 Å². The van der Waals surface area contributed by atoms with Gasteiger partial charge in [-0.05, 0) is 0 Å². The Morgan fingerprint density at radius 2 is 1.35 bits per heavy atom. The van der Waals surface area contributed by atoms with Gasteiger partial charge in [0.2, 0.25) is 0 Å². The molecule has 0 amide bonds. The molecule has 2 aromatic carbocycles. The van der Waals surface area contributed by atoms with Crippen molar-refractivity contribution in [1.29, 1.82) is 0 Å². The highest BCUT2D eigenvalue weighted by atomic mass is 16.4. The molecule has 3 nitrogen and oxygen atoms in total. The Hall–Kier alpha value is -2.55. The van der Waals surface area contributed by atoms with Crippen molar-refractivity contribution in [2.45, 2.75) is 0 Å². The van der Waals surface area contributed by atoms with Crippen LogP contribution in [0.4, 0.5) is 6.01 Å². The highest BCUT2D eigenvalue weighted by Crippen LogP contribution is 2.34. The molecule has 1 aromatic heterocycles. The zero-order valence-corrected chi connectivity index (χ0v) is 11.6. The van der Waals surface area contributed by atoms with Crippen LogP contribution >= 0.6 is 0 Å². The molecule has 0 aliphatic heterocycles. The molecule has 0 unspecified atom stereocenters. The van der Waals surface area contributed by atoms with E-state index in [9.17, 15) is 0 Å². The molecule has 0 aliphatic rings. The Morgan fingerprint density at radius 3 is 1.90 bits per heavy atom. The maximum Gasteiger partial charge on any atom is 0.297 e. The van der Waals surface area contributed by atoms with E-state index < -0.39 is 0 Å². The third kappa shape index (κ3) is 2.30. The second-order valence-corrected chi connectivity index (χ2v) is 4.80. The second kappa shape index (κ2) is 5.21. The first-order valence-electron chi connectivity index (χ1n) is 6.54. The third-order valence-electron chi connectivity index (χ3n) is 3.08. The predicted molar refractivity (Wildman–Crippen MR) is 81.7 cm³/mol. The van der Waals surface area contributed by atoms with Crippen molar-refractivity contribution < 1.29 is 4.42 Å². The minimum absolute atomic E-state index is 0.614. The van der Waals surface area contributed by atoms with Gasteiger partial charge in [0.25, 0.3) is 6.01 Å². The van der Waals surface area contributed by atoms with Crippen molar-refractivity contribution in [1.82, 2.24) is 4.98 Å². The summed E-state index contributed by atoms with van der Waals surface area (Å²) in [6.45, 7) is 0. The van der Waals surface area contributed by atoms with Crippen LogP contribution in [0.1, 0.15) is 0 Å². The van der Waals surface area contributed by atoms with Crippen LogP contribution in [0.25, 0.3) is 22.6 Å². The lowest BCUT2D eigenvalue weighted by Crippen LogP contribution is -2.08. The van der Waals surface area contributed by atoms with Crippen LogP contribution < -0.4 is 4.90 Å². The monoisotopic (exact) mass is 264 g/mol. The summed E-state index contributed by atoms with van der Waals surface area (Å²) in [4.78, 5) is 6.49. The van der Waals surface area contributed by atoms with Gasteiger partial charge in [0.1, 0.15) is 5.69 Å². The second-order valence-electron chi connectivity index (χ2n) is 4.80. The van der Waals surface area contributed by atoms with Crippen LogP contribution in [0.2, 0.25) is 0 Å². The summed E-state index contributed by atoms with van der Waals surface area (Å²) in [6.07, 6.45) is 0. The molecule has 0 N–H and O–H groups in total. The lowest BCUT2D eigenvalue weighted by Gasteiger charge is -2.04. The average Bonchev–Trinajstić information content (AvgIpc) is 2.94. The molecule has 0 atom stereocenters. The number of oxazole rings is 1. The zero-order chi connectivity index (χ0) is 13.9. The fourth-order valence-corrected chi connectivity index (χ4v) is 2.08. The predicted octanol–water partition coefficient (Wildman–Crippen LogP) is 4.07. The van der Waals surface area contributed by atoms with Gasteiger partial charge in [-0.3, -0.25) is 0 Å². The highest BCUT2D eigenvalue weighted by molar-refractivity contribution is 5.77. The molecule has 0 saturated carbocycles. The SMILES string of the molecule is CN(C)c1nc(-c2ccccc2)c(-c2ccccc2)o1. The molecule has 0 aliphatic carbocycles. The molecule has 0 radical (unpaired) electrons. The summed E-state index contributed by atoms with van der Waals surface area (Å²) in [7, 11) is 3.85. The van der Waals surface area contributed by atoms with E-state index in [1.54, 1.807) is 0 Å². The number of hydrogen-bond donors (Lipinski definition) is 0. The molecule has 100 valence electrons. The minimum Gasteiger partial charge on any atom is -0.423 e. The number of nitrogens with zero attached hydrogens (tertiary/aromatic N) is 2. The van der Waals surface area contributed by atoms with Gasteiger partial charge in [-0.2, -0.15) is 4.98 Å². The molecule has 0 saturated heterocycles. The molecule has 0 bridgehead atoms. The van der Waals surface area contributed by atoms with Gasteiger partial charge >= 0.3 is 0 Å². The van der Waals surface area contributed by atoms with Crippen molar-refractivity contribution in [3.05, 3.63) is 60.7 Å². The first-order valence-corrected chi connectivity index (χ1v) is 6.54. The van der Waals surface area contributed by atoms with Gasteiger partial charge in [0.15, 0.2) is 5.76 Å². The maximum absolute atomic E-state index is 5.93. The van der Waals surface area contributed by atoms with Crippen LogP contribution in [0.15, 0.2) is 65.1 Å². The molecule has 0 fully saturated rings. The Morgan fingerprint density at radius 1 is 0.800 bits per heavy atom. The summed E-state index contributed by atoms with van der Waals surface area (Å²) < 4.78 is 5.93. The van der Waals surface area contributed by atoms with Crippen molar-refractivity contribution in [2.75, 3.05) is 19.0 Å². The number of anilines is 1. The van der Waals surface area contributed by atoms with E-state index in [0.29, 0.717) is 6.01 Å². The molecule has 20 heavy (non-hydrogen) atoms. The Labute approximate surface area is 118 Å². The lowest BCUT2D eigenvalue weighted by molar-refractivity contribution is 0.569. The number of rotatable bonds is 3. The lowest BCUT2D eigenvalue weighted by atomic mass is 10.1. The van der Waals surface area contributed by atoms with Crippen LogP contribution in [0.5, 0.6) is 0 Å². The largest absolute Gasteiger partial charge is 0.423 e. The van der Waals surface area contributed by atoms with E-state index in [1.807, 2.05) is 79.7 Å². The van der Waals surface area contributed by atoms with Gasteiger partial charge in [0.05, 0.1) is 0 Å². The van der Waals surface area contributed by atoms with Crippen molar-refractivity contribution in [3.63, 3.8) is 0 Å². The molecular formula is C17H16N2O. The van der Waals surface area contributed by atoms with E-state index in [4.69, 9.17) is 4.42 Å². The summed E-state index contributed by atoms with van der Waals surface area (Å²) in [5.41, 5.74) is 2.97. The first kappa shape index (κ1) is 12.5. The Balaban J connectivity index is 2.18. The van der Waals surface area contributed by atoms with Gasteiger partial charge in [0, 0.05) is 25.2 Å². The van der Waals surface area contributed by atoms with Crippen LogP contribution in [-0.4, -0.2) is 19.1 Å². The Kier molecular flexibility index (Phi) is 3.25. The molecule has 3 aromatic rings. The van der Waals surface area contributed by atoms with E-state index in [1.165, 1.54) is 0 Å². The van der Waals surface area contributed by atoms with Gasteiger partial charge in [-0.1, -0.05) is 60.7 Å². The van der Waals surface area contributed by atoms with Crippen molar-refractivity contribution >= 4 is 6.01 Å². The smallest absolute Gasteiger partial charge is 0.297 e. The number of aromatic nitrogens is 1. The van der Waals surface area contributed by atoms with E-state index >= 15 is 0 Å². The molecule has 3 rings (SSSR count). The number of hydrogen-bond acceptors (Lipinski definition) is 3. The van der Waals surface area contributed by atoms with Crippen molar-refractivity contribution in [3.8, 4) is 22.6 Å². The molecular weight excluding hydrogens is 248 g/mol. The van der Waals surface area contributed by atoms with E-state index in [-0.39, 0.29) is 0 Å². The summed E-state index contributed by atoms with van der Waals surface area (Å²) in [6, 6.07) is 20.8. The minimum atomic E-state index is 0.614. The maximum atomic E-state index is 5.93. The average molecular weight is 264 g/mol.